The largest absolute Gasteiger partial charge is 0.379 e. The van der Waals surface area contributed by atoms with Gasteiger partial charge in [-0.05, 0) is 25.0 Å². The Bertz CT molecular complexity index is 667. The maximum atomic E-state index is 11.4. The van der Waals surface area contributed by atoms with Gasteiger partial charge in [-0.25, -0.2) is 0 Å². The van der Waals surface area contributed by atoms with Crippen LogP contribution in [-0.4, -0.2) is 54.1 Å². The summed E-state index contributed by atoms with van der Waals surface area (Å²) in [6, 6.07) is 4.35. The third kappa shape index (κ3) is 3.96. The maximum absolute atomic E-state index is 11.4. The number of nitrogens with one attached hydrogen (secondary N) is 1. The van der Waals surface area contributed by atoms with Crippen molar-refractivity contribution in [2.24, 2.45) is 5.73 Å². The number of ether oxygens (including phenoxy) is 1. The van der Waals surface area contributed by atoms with Crippen molar-refractivity contribution in [3.05, 3.63) is 33.9 Å². The number of anilines is 1. The smallest absolute Gasteiger partial charge is 0.293 e. The Kier molecular flexibility index (Phi) is 5.73. The van der Waals surface area contributed by atoms with Crippen molar-refractivity contribution in [1.29, 1.82) is 0 Å². The lowest BCUT2D eigenvalue weighted by Gasteiger charge is -2.48. The highest BCUT2D eigenvalue weighted by molar-refractivity contribution is 5.94. The number of primary amides is 1. The Morgan fingerprint density at radius 1 is 1.27 bits per heavy atom. The zero-order valence-electron chi connectivity index (χ0n) is 14.9. The van der Waals surface area contributed by atoms with Crippen molar-refractivity contribution in [2.45, 2.75) is 37.6 Å². The zero-order valence-corrected chi connectivity index (χ0v) is 14.9. The van der Waals surface area contributed by atoms with E-state index in [-0.39, 0.29) is 16.8 Å². The van der Waals surface area contributed by atoms with Crippen LogP contribution in [0.25, 0.3) is 0 Å². The van der Waals surface area contributed by atoms with E-state index >= 15 is 0 Å². The van der Waals surface area contributed by atoms with Crippen LogP contribution in [0.5, 0.6) is 0 Å². The number of nitrogens with zero attached hydrogens (tertiary/aromatic N) is 2. The lowest BCUT2D eigenvalue weighted by atomic mass is 9.79. The molecule has 1 heterocycles. The molecular weight excluding hydrogens is 336 g/mol. The standard InChI is InChI=1S/C18H26N4O4/c19-17(23)14-4-5-15(16(12-14)22(24)25)20-13-18(6-2-1-3-7-18)21-8-10-26-11-9-21/h4-5,12,20H,1-3,6-11,13H2,(H2,19,23). The fourth-order valence-electron chi connectivity index (χ4n) is 4.10. The summed E-state index contributed by atoms with van der Waals surface area (Å²) >= 11 is 0. The molecule has 0 spiro atoms. The minimum atomic E-state index is -0.670. The van der Waals surface area contributed by atoms with Crippen molar-refractivity contribution >= 4 is 17.3 Å². The normalized spacial score (nSPS) is 20.5. The molecular formula is C18H26N4O4. The Morgan fingerprint density at radius 2 is 1.96 bits per heavy atom. The first-order chi connectivity index (χ1) is 12.5. The van der Waals surface area contributed by atoms with Crippen LogP contribution in [0, 0.1) is 10.1 Å². The first-order valence-corrected chi connectivity index (χ1v) is 9.17. The highest BCUT2D eigenvalue weighted by Gasteiger charge is 2.38. The molecule has 2 aliphatic rings. The van der Waals surface area contributed by atoms with Gasteiger partial charge in [0.15, 0.2) is 0 Å². The summed E-state index contributed by atoms with van der Waals surface area (Å²) < 4.78 is 5.49. The van der Waals surface area contributed by atoms with Gasteiger partial charge < -0.3 is 15.8 Å². The van der Waals surface area contributed by atoms with Gasteiger partial charge in [-0.2, -0.15) is 0 Å². The van der Waals surface area contributed by atoms with E-state index in [1.165, 1.54) is 31.4 Å². The Hall–Kier alpha value is -2.19. The van der Waals surface area contributed by atoms with Crippen LogP contribution >= 0.6 is 0 Å². The van der Waals surface area contributed by atoms with E-state index in [4.69, 9.17) is 10.5 Å². The van der Waals surface area contributed by atoms with Gasteiger partial charge in [0.1, 0.15) is 5.69 Å². The van der Waals surface area contributed by atoms with Gasteiger partial charge >= 0.3 is 0 Å². The molecule has 142 valence electrons. The van der Waals surface area contributed by atoms with Crippen molar-refractivity contribution in [3.63, 3.8) is 0 Å². The quantitative estimate of drug-likeness (QED) is 0.592. The van der Waals surface area contributed by atoms with Crippen molar-refractivity contribution in [3.8, 4) is 0 Å². The molecule has 1 saturated carbocycles. The number of nitro groups is 1. The summed E-state index contributed by atoms with van der Waals surface area (Å²) in [7, 11) is 0. The number of hydrogen-bond acceptors (Lipinski definition) is 6. The average Bonchev–Trinajstić information content (AvgIpc) is 2.67. The number of carbonyl (C=O) groups is 1. The number of nitro benzene ring substituents is 1. The molecule has 2 fully saturated rings. The van der Waals surface area contributed by atoms with Gasteiger partial charge in [0, 0.05) is 36.8 Å². The molecule has 1 saturated heterocycles. The molecule has 3 rings (SSSR count). The molecule has 0 aromatic heterocycles. The first kappa shape index (κ1) is 18.6. The molecule has 3 N–H and O–H groups in total. The van der Waals surface area contributed by atoms with Crippen molar-refractivity contribution in [1.82, 2.24) is 4.90 Å². The van der Waals surface area contributed by atoms with E-state index in [0.29, 0.717) is 12.2 Å². The number of hydrogen-bond donors (Lipinski definition) is 2. The molecule has 1 aromatic rings. The van der Waals surface area contributed by atoms with E-state index < -0.39 is 10.8 Å². The summed E-state index contributed by atoms with van der Waals surface area (Å²) in [6.07, 6.45) is 5.73. The minimum absolute atomic E-state index is 0.00173. The SMILES string of the molecule is NC(=O)c1ccc(NCC2(N3CCOCC3)CCCCC2)c([N+](=O)[O-])c1. The van der Waals surface area contributed by atoms with Crippen LogP contribution in [-0.2, 0) is 4.74 Å². The van der Waals surface area contributed by atoms with Gasteiger partial charge in [0.05, 0.1) is 18.1 Å². The summed E-state index contributed by atoms with van der Waals surface area (Å²) in [5.41, 5.74) is 5.69. The van der Waals surface area contributed by atoms with Crippen molar-refractivity contribution in [2.75, 3.05) is 38.2 Å². The van der Waals surface area contributed by atoms with E-state index in [1.54, 1.807) is 6.07 Å². The zero-order chi connectivity index (χ0) is 18.6. The Morgan fingerprint density at radius 3 is 2.58 bits per heavy atom. The highest BCUT2D eigenvalue weighted by atomic mass is 16.6. The summed E-state index contributed by atoms with van der Waals surface area (Å²) in [5.74, 6) is -0.670. The number of amides is 1. The van der Waals surface area contributed by atoms with Crippen molar-refractivity contribution < 1.29 is 14.5 Å². The van der Waals surface area contributed by atoms with Gasteiger partial charge in [-0.1, -0.05) is 19.3 Å². The van der Waals surface area contributed by atoms with Gasteiger partial charge in [0.25, 0.3) is 5.69 Å². The third-order valence-corrected chi connectivity index (χ3v) is 5.55. The highest BCUT2D eigenvalue weighted by Crippen LogP contribution is 2.35. The molecule has 1 aromatic carbocycles. The number of rotatable bonds is 6. The first-order valence-electron chi connectivity index (χ1n) is 9.17. The summed E-state index contributed by atoms with van der Waals surface area (Å²) in [6.45, 7) is 3.89. The fourth-order valence-corrected chi connectivity index (χ4v) is 4.10. The molecule has 26 heavy (non-hydrogen) atoms. The molecule has 1 amide bonds. The predicted molar refractivity (Wildman–Crippen MR) is 98.3 cm³/mol. The summed E-state index contributed by atoms with van der Waals surface area (Å²) in [5, 5.41) is 14.7. The summed E-state index contributed by atoms with van der Waals surface area (Å²) in [4.78, 5) is 24.7. The van der Waals surface area contributed by atoms with E-state index in [1.807, 2.05) is 0 Å². The second-order valence-electron chi connectivity index (χ2n) is 7.09. The predicted octanol–water partition coefficient (Wildman–Crippen LogP) is 2.14. The van der Waals surface area contributed by atoms with Crippen LogP contribution in [0.15, 0.2) is 18.2 Å². The second-order valence-corrected chi connectivity index (χ2v) is 7.09. The van der Waals surface area contributed by atoms with E-state index in [0.717, 1.165) is 39.1 Å². The maximum Gasteiger partial charge on any atom is 0.293 e. The molecule has 8 nitrogen and oxygen atoms in total. The molecule has 0 bridgehead atoms. The minimum Gasteiger partial charge on any atom is -0.379 e. The molecule has 8 heteroatoms. The van der Waals surface area contributed by atoms with E-state index in [9.17, 15) is 14.9 Å². The number of benzene rings is 1. The van der Waals surface area contributed by atoms with Crippen LogP contribution in [0.3, 0.4) is 0 Å². The molecule has 1 aliphatic heterocycles. The average molecular weight is 362 g/mol. The van der Waals surface area contributed by atoms with Gasteiger partial charge in [-0.15, -0.1) is 0 Å². The van der Waals surface area contributed by atoms with Gasteiger partial charge in [-0.3, -0.25) is 19.8 Å². The van der Waals surface area contributed by atoms with Gasteiger partial charge in [0.2, 0.25) is 5.91 Å². The fraction of sp³-hybridized carbons (Fsp3) is 0.611. The lowest BCUT2D eigenvalue weighted by Crippen LogP contribution is -2.58. The topological polar surface area (TPSA) is 111 Å². The molecule has 0 radical (unpaired) electrons. The Balaban J connectivity index is 1.80. The lowest BCUT2D eigenvalue weighted by molar-refractivity contribution is -0.384. The monoisotopic (exact) mass is 362 g/mol. The Labute approximate surface area is 152 Å². The van der Waals surface area contributed by atoms with Crippen LogP contribution < -0.4 is 11.1 Å². The molecule has 1 aliphatic carbocycles. The second kappa shape index (κ2) is 8.01. The number of morpholine rings is 1. The third-order valence-electron chi connectivity index (χ3n) is 5.55. The number of carbonyl (C=O) groups excluding carboxylic acids is 1. The van der Waals surface area contributed by atoms with Crippen LogP contribution in [0.1, 0.15) is 42.5 Å². The van der Waals surface area contributed by atoms with Crippen LogP contribution in [0.2, 0.25) is 0 Å². The molecule has 0 unspecified atom stereocenters. The van der Waals surface area contributed by atoms with Crippen LogP contribution in [0.4, 0.5) is 11.4 Å². The van der Waals surface area contributed by atoms with E-state index in [2.05, 4.69) is 10.2 Å². The molecule has 0 atom stereocenters. The number of nitrogens with two attached hydrogens (primary N) is 1.